The Kier molecular flexibility index (Phi) is 3.01. The van der Waals surface area contributed by atoms with Crippen molar-refractivity contribution in [1.29, 1.82) is 0 Å². The predicted octanol–water partition coefficient (Wildman–Crippen LogP) is 3.16. The summed E-state index contributed by atoms with van der Waals surface area (Å²) in [6.07, 6.45) is 2.14. The van der Waals surface area contributed by atoms with E-state index >= 15 is 0 Å². The molecule has 1 heterocycles. The zero-order chi connectivity index (χ0) is 11.7. The van der Waals surface area contributed by atoms with E-state index in [1.165, 1.54) is 0 Å². The van der Waals surface area contributed by atoms with Gasteiger partial charge in [-0.2, -0.15) is 0 Å². The van der Waals surface area contributed by atoms with Crippen molar-refractivity contribution in [2.45, 2.75) is 19.8 Å². The van der Waals surface area contributed by atoms with Gasteiger partial charge in [0, 0.05) is 19.2 Å². The van der Waals surface area contributed by atoms with Crippen molar-refractivity contribution in [2.75, 3.05) is 18.0 Å². The van der Waals surface area contributed by atoms with E-state index < -0.39 is 0 Å². The number of nitro benzene ring substituents is 1. The van der Waals surface area contributed by atoms with Crippen molar-refractivity contribution in [1.82, 2.24) is 0 Å². The summed E-state index contributed by atoms with van der Waals surface area (Å²) in [7, 11) is 0. The summed E-state index contributed by atoms with van der Waals surface area (Å²) in [5.74, 6) is 0. The topological polar surface area (TPSA) is 46.4 Å². The van der Waals surface area contributed by atoms with Crippen molar-refractivity contribution >= 4 is 23.0 Å². The van der Waals surface area contributed by atoms with Gasteiger partial charge in [0.2, 0.25) is 0 Å². The van der Waals surface area contributed by atoms with Crippen LogP contribution in [-0.4, -0.2) is 18.0 Å². The molecule has 1 saturated heterocycles. The molecule has 86 valence electrons. The number of aryl methyl sites for hydroxylation is 1. The molecule has 1 aliphatic heterocycles. The number of hydrogen-bond acceptors (Lipinski definition) is 3. The van der Waals surface area contributed by atoms with Crippen molar-refractivity contribution in [3.63, 3.8) is 0 Å². The van der Waals surface area contributed by atoms with E-state index in [-0.39, 0.29) is 10.6 Å². The Morgan fingerprint density at radius 1 is 1.38 bits per heavy atom. The lowest BCUT2D eigenvalue weighted by Gasteiger charge is -2.19. The normalized spacial score (nSPS) is 15.5. The molecule has 0 amide bonds. The molecular formula is C11H13ClN2O2. The number of rotatable bonds is 2. The molecule has 1 fully saturated rings. The van der Waals surface area contributed by atoms with Gasteiger partial charge in [-0.05, 0) is 31.4 Å². The van der Waals surface area contributed by atoms with Crippen LogP contribution in [0.5, 0.6) is 0 Å². The minimum Gasteiger partial charge on any atom is -0.365 e. The number of nitrogens with zero attached hydrogens (tertiary/aromatic N) is 2. The number of halogens is 1. The van der Waals surface area contributed by atoms with Crippen LogP contribution in [0.4, 0.5) is 11.4 Å². The fourth-order valence-corrected chi connectivity index (χ4v) is 2.50. The third-order valence-electron chi connectivity index (χ3n) is 2.81. The van der Waals surface area contributed by atoms with E-state index in [4.69, 9.17) is 11.6 Å². The minimum atomic E-state index is -0.355. The summed E-state index contributed by atoms with van der Waals surface area (Å²) in [5, 5.41) is 11.5. The largest absolute Gasteiger partial charge is 0.365 e. The molecule has 4 nitrogen and oxygen atoms in total. The molecule has 5 heteroatoms. The van der Waals surface area contributed by atoms with Gasteiger partial charge in [0.15, 0.2) is 0 Å². The first kappa shape index (κ1) is 11.2. The Bertz CT molecular complexity index is 428. The second kappa shape index (κ2) is 4.29. The number of nitro groups is 1. The maximum absolute atomic E-state index is 11.0. The van der Waals surface area contributed by atoms with Crippen LogP contribution < -0.4 is 4.90 Å². The molecule has 0 atom stereocenters. The van der Waals surface area contributed by atoms with Gasteiger partial charge in [-0.25, -0.2) is 0 Å². The van der Waals surface area contributed by atoms with E-state index in [9.17, 15) is 10.1 Å². The van der Waals surface area contributed by atoms with Crippen LogP contribution in [0.1, 0.15) is 18.4 Å². The molecule has 1 aliphatic rings. The highest BCUT2D eigenvalue weighted by atomic mass is 35.5. The van der Waals surface area contributed by atoms with Gasteiger partial charge < -0.3 is 4.90 Å². The van der Waals surface area contributed by atoms with E-state index in [1.54, 1.807) is 12.1 Å². The molecule has 0 aliphatic carbocycles. The van der Waals surface area contributed by atoms with Crippen LogP contribution in [0.3, 0.4) is 0 Å². The summed E-state index contributed by atoms with van der Waals surface area (Å²) in [4.78, 5) is 12.6. The Hall–Kier alpha value is -1.29. The molecule has 0 unspecified atom stereocenters. The Morgan fingerprint density at radius 3 is 2.56 bits per heavy atom. The summed E-state index contributed by atoms with van der Waals surface area (Å²) >= 11 is 6.11. The van der Waals surface area contributed by atoms with Crippen LogP contribution in [0.2, 0.25) is 5.02 Å². The Labute approximate surface area is 99.0 Å². The third kappa shape index (κ3) is 1.97. The van der Waals surface area contributed by atoms with Gasteiger partial charge in [-0.1, -0.05) is 11.6 Å². The molecule has 16 heavy (non-hydrogen) atoms. The van der Waals surface area contributed by atoms with Gasteiger partial charge in [0.25, 0.3) is 5.69 Å². The highest BCUT2D eigenvalue weighted by Crippen LogP contribution is 2.38. The fourth-order valence-electron chi connectivity index (χ4n) is 2.11. The predicted molar refractivity (Wildman–Crippen MR) is 64.3 cm³/mol. The van der Waals surface area contributed by atoms with E-state index in [1.807, 2.05) is 11.8 Å². The summed E-state index contributed by atoms with van der Waals surface area (Å²) in [6.45, 7) is 3.51. The lowest BCUT2D eigenvalue weighted by Crippen LogP contribution is -2.19. The minimum absolute atomic E-state index is 0.118. The lowest BCUT2D eigenvalue weighted by atomic mass is 10.2. The number of benzene rings is 1. The van der Waals surface area contributed by atoms with Crippen LogP contribution in [0.25, 0.3) is 0 Å². The second-order valence-electron chi connectivity index (χ2n) is 4.07. The summed E-state index contributed by atoms with van der Waals surface area (Å²) in [5.41, 5.74) is 1.52. The van der Waals surface area contributed by atoms with E-state index in [0.29, 0.717) is 10.7 Å². The smallest absolute Gasteiger partial charge is 0.294 e. The first-order valence-corrected chi connectivity index (χ1v) is 5.67. The standard InChI is InChI=1S/C11H13ClN2O2/c1-8-6-9(12)11(10(7-8)14(15)16)13-4-2-3-5-13/h6-7H,2-5H2,1H3. The SMILES string of the molecule is Cc1cc(Cl)c(N2CCCC2)c([N+](=O)[O-])c1. The highest BCUT2D eigenvalue weighted by Gasteiger charge is 2.25. The highest BCUT2D eigenvalue weighted by molar-refractivity contribution is 6.34. The van der Waals surface area contributed by atoms with Crippen molar-refractivity contribution in [2.24, 2.45) is 0 Å². The average Bonchev–Trinajstić information content (AvgIpc) is 2.69. The maximum atomic E-state index is 11.0. The molecule has 0 N–H and O–H groups in total. The van der Waals surface area contributed by atoms with Crippen molar-refractivity contribution < 1.29 is 4.92 Å². The summed E-state index contributed by atoms with van der Waals surface area (Å²) in [6, 6.07) is 3.36. The van der Waals surface area contributed by atoms with Gasteiger partial charge in [0.1, 0.15) is 5.69 Å². The quantitative estimate of drug-likeness (QED) is 0.589. The Morgan fingerprint density at radius 2 is 2.00 bits per heavy atom. The molecule has 0 spiro atoms. The number of anilines is 1. The molecule has 0 bridgehead atoms. The fraction of sp³-hybridized carbons (Fsp3) is 0.455. The van der Waals surface area contributed by atoms with Crippen LogP contribution in [0.15, 0.2) is 12.1 Å². The molecule has 2 rings (SSSR count). The molecule has 0 saturated carbocycles. The van der Waals surface area contributed by atoms with E-state index in [2.05, 4.69) is 0 Å². The van der Waals surface area contributed by atoms with E-state index in [0.717, 1.165) is 31.5 Å². The monoisotopic (exact) mass is 240 g/mol. The second-order valence-corrected chi connectivity index (χ2v) is 4.47. The van der Waals surface area contributed by atoms with Gasteiger partial charge in [-0.3, -0.25) is 10.1 Å². The zero-order valence-corrected chi connectivity index (χ0v) is 9.83. The molecule has 0 aromatic heterocycles. The summed E-state index contributed by atoms with van der Waals surface area (Å²) < 4.78 is 0. The Balaban J connectivity index is 2.52. The molecular weight excluding hydrogens is 228 g/mol. The zero-order valence-electron chi connectivity index (χ0n) is 9.07. The van der Waals surface area contributed by atoms with Crippen molar-refractivity contribution in [3.8, 4) is 0 Å². The van der Waals surface area contributed by atoms with Gasteiger partial charge in [0.05, 0.1) is 9.95 Å². The lowest BCUT2D eigenvalue weighted by molar-refractivity contribution is -0.384. The van der Waals surface area contributed by atoms with Gasteiger partial charge >= 0.3 is 0 Å². The van der Waals surface area contributed by atoms with Crippen LogP contribution >= 0.6 is 11.6 Å². The molecule has 0 radical (unpaired) electrons. The third-order valence-corrected chi connectivity index (χ3v) is 3.09. The van der Waals surface area contributed by atoms with Gasteiger partial charge in [-0.15, -0.1) is 0 Å². The first-order valence-electron chi connectivity index (χ1n) is 5.29. The van der Waals surface area contributed by atoms with Crippen LogP contribution in [-0.2, 0) is 0 Å². The molecule has 1 aromatic carbocycles. The molecule has 1 aromatic rings. The average molecular weight is 241 g/mol. The maximum Gasteiger partial charge on any atom is 0.294 e. The number of hydrogen-bond donors (Lipinski definition) is 0. The van der Waals surface area contributed by atoms with Crippen molar-refractivity contribution in [3.05, 3.63) is 32.8 Å². The van der Waals surface area contributed by atoms with Crippen LogP contribution in [0, 0.1) is 17.0 Å². The first-order chi connectivity index (χ1) is 7.59.